The Kier molecular flexibility index (Phi) is 7.75. The minimum atomic E-state index is -0.369. The lowest BCUT2D eigenvalue weighted by Crippen LogP contribution is -2.40. The van der Waals surface area contributed by atoms with Gasteiger partial charge in [0.2, 0.25) is 5.91 Å². The summed E-state index contributed by atoms with van der Waals surface area (Å²) in [5, 5.41) is 12.3. The van der Waals surface area contributed by atoms with Gasteiger partial charge in [-0.2, -0.15) is 0 Å². The molecule has 2 atom stereocenters. The van der Waals surface area contributed by atoms with Gasteiger partial charge in [0.05, 0.1) is 5.25 Å². The Morgan fingerprint density at radius 3 is 2.43 bits per heavy atom. The highest BCUT2D eigenvalue weighted by Crippen LogP contribution is 2.30. The molecule has 1 amide bonds. The molecule has 1 N–H and O–H groups in total. The molecule has 1 aromatic heterocycles. The first-order valence-electron chi connectivity index (χ1n) is 10.7. The number of ether oxygens (including phenoxy) is 1. The lowest BCUT2D eigenvalue weighted by Gasteiger charge is -2.24. The number of hydrogen-bond acceptors (Lipinski definition) is 5. The Morgan fingerprint density at radius 2 is 1.80 bits per heavy atom. The average molecular weight is 435 g/mol. The fourth-order valence-corrected chi connectivity index (χ4v) is 4.68. The van der Waals surface area contributed by atoms with Crippen LogP contribution in [0, 0.1) is 5.82 Å². The zero-order chi connectivity index (χ0) is 21.7. The molecular formula is C22H31FN4O2S. The van der Waals surface area contributed by atoms with Crippen LogP contribution in [0.15, 0.2) is 29.4 Å². The number of carbonyl (C=O) groups is 1. The molecule has 1 aromatic carbocycles. The van der Waals surface area contributed by atoms with Gasteiger partial charge in [-0.3, -0.25) is 4.79 Å². The predicted molar refractivity (Wildman–Crippen MR) is 116 cm³/mol. The van der Waals surface area contributed by atoms with Crippen LogP contribution >= 0.6 is 11.8 Å². The molecule has 164 valence electrons. The second-order valence-electron chi connectivity index (χ2n) is 8.12. The number of halogens is 1. The van der Waals surface area contributed by atoms with E-state index in [0.29, 0.717) is 16.7 Å². The topological polar surface area (TPSA) is 69.0 Å². The molecular weight excluding hydrogens is 403 g/mol. The minimum absolute atomic E-state index is 0.0439. The number of nitrogens with zero attached hydrogens (tertiary/aromatic N) is 3. The SMILES string of the molecule is CC(Sc1nnc(C(C)Oc2ccc(F)cc2)n1C(C)C)C(=O)NC1CCCCC1. The fraction of sp³-hybridized carbons (Fsp3) is 0.591. The standard InChI is InChI=1S/C22H31FN4O2S/c1-14(2)27-20(15(3)29-19-12-10-17(23)11-13-19)25-26-22(27)30-16(4)21(28)24-18-8-6-5-7-9-18/h10-16,18H,5-9H2,1-4H3,(H,24,28). The molecule has 1 saturated carbocycles. The van der Waals surface area contributed by atoms with Crippen LogP contribution in [0.4, 0.5) is 4.39 Å². The van der Waals surface area contributed by atoms with Crippen LogP contribution < -0.4 is 10.1 Å². The Hall–Kier alpha value is -2.09. The van der Waals surface area contributed by atoms with Gasteiger partial charge >= 0.3 is 0 Å². The van der Waals surface area contributed by atoms with Crippen LogP contribution in [0.1, 0.15) is 77.8 Å². The Labute approximate surface area is 182 Å². The Bertz CT molecular complexity index is 834. The van der Waals surface area contributed by atoms with E-state index in [-0.39, 0.29) is 35.2 Å². The maximum atomic E-state index is 13.1. The lowest BCUT2D eigenvalue weighted by atomic mass is 9.95. The summed E-state index contributed by atoms with van der Waals surface area (Å²) in [5.41, 5.74) is 0. The average Bonchev–Trinajstić information content (AvgIpc) is 3.14. The first kappa shape index (κ1) is 22.6. The third kappa shape index (κ3) is 5.74. The number of carbonyl (C=O) groups excluding carboxylic acids is 1. The molecule has 2 aromatic rings. The number of nitrogens with one attached hydrogen (secondary N) is 1. The largest absolute Gasteiger partial charge is 0.483 e. The van der Waals surface area contributed by atoms with Crippen molar-refractivity contribution in [2.24, 2.45) is 0 Å². The van der Waals surface area contributed by atoms with Gasteiger partial charge < -0.3 is 14.6 Å². The normalized spacial score (nSPS) is 17.0. The number of thioether (sulfide) groups is 1. The maximum absolute atomic E-state index is 13.1. The predicted octanol–water partition coefficient (Wildman–Crippen LogP) is 5.07. The number of benzene rings is 1. The van der Waals surface area contributed by atoms with Crippen molar-refractivity contribution in [3.05, 3.63) is 35.9 Å². The van der Waals surface area contributed by atoms with Crippen LogP contribution in [0.2, 0.25) is 0 Å². The van der Waals surface area contributed by atoms with Gasteiger partial charge in [0, 0.05) is 12.1 Å². The van der Waals surface area contributed by atoms with Crippen LogP contribution in [0.3, 0.4) is 0 Å². The molecule has 3 rings (SSSR count). The molecule has 0 saturated heterocycles. The van der Waals surface area contributed by atoms with Gasteiger partial charge in [-0.15, -0.1) is 10.2 Å². The third-order valence-corrected chi connectivity index (χ3v) is 6.36. The zero-order valence-electron chi connectivity index (χ0n) is 18.1. The Balaban J connectivity index is 1.68. The highest BCUT2D eigenvalue weighted by atomic mass is 32.2. The van der Waals surface area contributed by atoms with Gasteiger partial charge in [0.1, 0.15) is 11.6 Å². The quantitative estimate of drug-likeness (QED) is 0.588. The maximum Gasteiger partial charge on any atom is 0.233 e. The van der Waals surface area contributed by atoms with Crippen molar-refractivity contribution in [3.8, 4) is 5.75 Å². The highest BCUT2D eigenvalue weighted by Gasteiger charge is 2.26. The van der Waals surface area contributed by atoms with Gasteiger partial charge in [0.15, 0.2) is 17.1 Å². The van der Waals surface area contributed by atoms with E-state index in [2.05, 4.69) is 15.5 Å². The molecule has 0 radical (unpaired) electrons. The first-order valence-corrected chi connectivity index (χ1v) is 11.6. The summed E-state index contributed by atoms with van der Waals surface area (Å²) >= 11 is 1.41. The summed E-state index contributed by atoms with van der Waals surface area (Å²) in [7, 11) is 0. The van der Waals surface area contributed by atoms with E-state index in [0.717, 1.165) is 12.8 Å². The van der Waals surface area contributed by atoms with Gasteiger partial charge in [0.25, 0.3) is 0 Å². The monoisotopic (exact) mass is 434 g/mol. The van der Waals surface area contributed by atoms with Crippen molar-refractivity contribution < 1.29 is 13.9 Å². The molecule has 0 spiro atoms. The fourth-order valence-electron chi connectivity index (χ4n) is 3.68. The van der Waals surface area contributed by atoms with Crippen molar-refractivity contribution in [2.75, 3.05) is 0 Å². The summed E-state index contributed by atoms with van der Waals surface area (Å²) in [6.45, 7) is 7.89. The third-order valence-electron chi connectivity index (χ3n) is 5.30. The molecule has 1 fully saturated rings. The summed E-state index contributed by atoms with van der Waals surface area (Å²) < 4.78 is 21.1. The number of aromatic nitrogens is 3. The molecule has 6 nitrogen and oxygen atoms in total. The minimum Gasteiger partial charge on any atom is -0.483 e. The summed E-state index contributed by atoms with van der Waals surface area (Å²) in [4.78, 5) is 12.7. The second kappa shape index (κ2) is 10.3. The van der Waals surface area contributed by atoms with Crippen LogP contribution in [0.25, 0.3) is 0 Å². The zero-order valence-corrected chi connectivity index (χ0v) is 18.9. The Morgan fingerprint density at radius 1 is 1.13 bits per heavy atom. The number of rotatable bonds is 8. The van der Waals surface area contributed by atoms with Crippen LogP contribution in [0.5, 0.6) is 5.75 Å². The van der Waals surface area contributed by atoms with Gasteiger partial charge in [-0.05, 0) is 64.8 Å². The first-order chi connectivity index (χ1) is 14.3. The van der Waals surface area contributed by atoms with E-state index in [4.69, 9.17) is 4.74 Å². The molecule has 1 aliphatic rings. The van der Waals surface area contributed by atoms with Crippen molar-refractivity contribution in [1.82, 2.24) is 20.1 Å². The summed E-state index contributed by atoms with van der Waals surface area (Å²) in [6.07, 6.45) is 5.38. The highest BCUT2D eigenvalue weighted by molar-refractivity contribution is 8.00. The van der Waals surface area contributed by atoms with E-state index < -0.39 is 0 Å². The van der Waals surface area contributed by atoms with Crippen molar-refractivity contribution in [3.63, 3.8) is 0 Å². The van der Waals surface area contributed by atoms with E-state index >= 15 is 0 Å². The van der Waals surface area contributed by atoms with E-state index in [1.165, 1.54) is 43.2 Å². The van der Waals surface area contributed by atoms with E-state index in [1.54, 1.807) is 12.1 Å². The molecule has 8 heteroatoms. The molecule has 2 unspecified atom stereocenters. The molecule has 0 bridgehead atoms. The van der Waals surface area contributed by atoms with Crippen LogP contribution in [-0.2, 0) is 4.79 Å². The summed E-state index contributed by atoms with van der Waals surface area (Å²) in [6, 6.07) is 6.30. The smallest absolute Gasteiger partial charge is 0.233 e. The van der Waals surface area contributed by atoms with E-state index in [9.17, 15) is 9.18 Å². The number of hydrogen-bond donors (Lipinski definition) is 1. The molecule has 0 aliphatic heterocycles. The van der Waals surface area contributed by atoms with Crippen molar-refractivity contribution in [1.29, 1.82) is 0 Å². The van der Waals surface area contributed by atoms with Crippen molar-refractivity contribution >= 4 is 17.7 Å². The number of amides is 1. The van der Waals surface area contributed by atoms with Gasteiger partial charge in [-0.1, -0.05) is 31.0 Å². The second-order valence-corrected chi connectivity index (χ2v) is 9.43. The molecule has 1 aliphatic carbocycles. The van der Waals surface area contributed by atoms with Gasteiger partial charge in [-0.25, -0.2) is 4.39 Å². The van der Waals surface area contributed by atoms with Crippen LogP contribution in [-0.4, -0.2) is 32.0 Å². The molecule has 30 heavy (non-hydrogen) atoms. The van der Waals surface area contributed by atoms with E-state index in [1.807, 2.05) is 32.3 Å². The molecule has 1 heterocycles. The van der Waals surface area contributed by atoms with Crippen molar-refractivity contribution in [2.45, 2.75) is 88.4 Å². The summed E-state index contributed by atoms with van der Waals surface area (Å²) in [5.74, 6) is 0.982. The lowest BCUT2D eigenvalue weighted by molar-refractivity contribution is -0.121.